The van der Waals surface area contributed by atoms with Gasteiger partial charge >= 0.3 is 18.2 Å². The number of urea groups is 1. The predicted octanol–water partition coefficient (Wildman–Crippen LogP) is 4.07. The molecule has 0 aliphatic carbocycles. The molecule has 1 aliphatic heterocycles. The monoisotopic (exact) mass is 479 g/mol. The molecule has 10 nitrogen and oxygen atoms in total. The first-order chi connectivity index (χ1) is 15.6. The third-order valence-electron chi connectivity index (χ3n) is 4.37. The van der Waals surface area contributed by atoms with E-state index < -0.39 is 29.2 Å². The van der Waals surface area contributed by atoms with Crippen LogP contribution in [0.15, 0.2) is 29.3 Å². The van der Waals surface area contributed by atoms with Crippen molar-refractivity contribution in [1.29, 1.82) is 0 Å². The number of hydrogen-bond donors (Lipinski definition) is 0. The number of nitrogens with zero attached hydrogens (tertiary/aromatic N) is 5. The summed E-state index contributed by atoms with van der Waals surface area (Å²) in [6.45, 7) is 10.2. The normalized spacial score (nSPS) is 15.4. The number of ether oxygens (including phenoxy) is 2. The van der Waals surface area contributed by atoms with Gasteiger partial charge in [-0.15, -0.1) is 4.99 Å². The molecule has 0 bridgehead atoms. The number of carbonyl (C=O) groups excluding carboxylic acids is 3. The second-order valence-electron chi connectivity index (χ2n) is 10.1. The van der Waals surface area contributed by atoms with Crippen LogP contribution in [-0.2, 0) is 16.0 Å². The van der Waals surface area contributed by atoms with Gasteiger partial charge in [0, 0.05) is 14.1 Å². The van der Waals surface area contributed by atoms with Gasteiger partial charge in [-0.2, -0.15) is 0 Å². The highest BCUT2D eigenvalue weighted by molar-refractivity contribution is 5.99. The number of rotatable bonds is 2. The summed E-state index contributed by atoms with van der Waals surface area (Å²) in [5, 5.41) is 0. The molecule has 1 aromatic carbocycles. The van der Waals surface area contributed by atoms with Gasteiger partial charge in [0.1, 0.15) is 17.0 Å². The van der Waals surface area contributed by atoms with Gasteiger partial charge in [-0.25, -0.2) is 23.7 Å². The summed E-state index contributed by atoms with van der Waals surface area (Å²) in [4.78, 5) is 47.9. The largest absolute Gasteiger partial charge is 0.443 e. The number of benzene rings is 1. The van der Waals surface area contributed by atoms with Crippen LogP contribution in [0.4, 0.5) is 18.8 Å². The molecule has 0 saturated carbocycles. The number of aliphatic imine (C=N–C) groups is 1. The Morgan fingerprint density at radius 2 is 1.59 bits per heavy atom. The van der Waals surface area contributed by atoms with Crippen LogP contribution in [-0.4, -0.2) is 82.4 Å². The van der Waals surface area contributed by atoms with E-state index in [1.54, 1.807) is 66.6 Å². The zero-order valence-corrected chi connectivity index (χ0v) is 21.1. The van der Waals surface area contributed by atoms with Gasteiger partial charge in [-0.1, -0.05) is 12.1 Å². The Hall–Kier alpha value is -3.37. The second kappa shape index (κ2) is 10.3. The van der Waals surface area contributed by atoms with Crippen LogP contribution in [0.3, 0.4) is 0 Å². The lowest BCUT2D eigenvalue weighted by atomic mass is 10.2. The lowest BCUT2D eigenvalue weighted by molar-refractivity contribution is 0.0300. The lowest BCUT2D eigenvalue weighted by Crippen LogP contribution is -2.60. The smallest absolute Gasteiger partial charge is 0.437 e. The topological polar surface area (TPSA) is 95.0 Å². The second-order valence-corrected chi connectivity index (χ2v) is 10.1. The van der Waals surface area contributed by atoms with Gasteiger partial charge in [-0.05, 0) is 59.2 Å². The quantitative estimate of drug-likeness (QED) is 0.469. The zero-order chi connectivity index (χ0) is 25.8. The fraction of sp³-hybridized carbons (Fsp3) is 0.565. The maximum absolute atomic E-state index is 13.9. The lowest BCUT2D eigenvalue weighted by Gasteiger charge is -2.42. The van der Waals surface area contributed by atoms with Crippen LogP contribution >= 0.6 is 0 Å². The molecule has 1 fully saturated rings. The first-order valence-corrected chi connectivity index (χ1v) is 10.8. The van der Waals surface area contributed by atoms with Crippen molar-refractivity contribution in [3.63, 3.8) is 0 Å². The van der Waals surface area contributed by atoms with E-state index in [0.29, 0.717) is 5.56 Å². The van der Waals surface area contributed by atoms with Gasteiger partial charge in [0.25, 0.3) is 0 Å². The number of guanidine groups is 1. The number of amides is 4. The molecule has 1 aromatic rings. The maximum atomic E-state index is 13.9. The minimum Gasteiger partial charge on any atom is -0.443 e. The molecule has 0 unspecified atom stereocenters. The van der Waals surface area contributed by atoms with Crippen molar-refractivity contribution in [3.05, 3.63) is 35.6 Å². The van der Waals surface area contributed by atoms with Crippen molar-refractivity contribution in [2.45, 2.75) is 59.3 Å². The standard InChI is InChI=1S/C23H34FN5O5/c1-22(2,3)33-19(30)25-18(28-14-26(7)20(31)27(8)15-28)29(21(32)34-23(4,5)6)13-16-10-9-11-17(24)12-16/h9-12H,13-15H2,1-8H3/b25-18-. The number of halogens is 1. The van der Waals surface area contributed by atoms with Crippen molar-refractivity contribution in [1.82, 2.24) is 19.6 Å². The van der Waals surface area contributed by atoms with Crippen LogP contribution < -0.4 is 0 Å². The summed E-state index contributed by atoms with van der Waals surface area (Å²) in [5.41, 5.74) is -1.21. The van der Waals surface area contributed by atoms with E-state index in [9.17, 15) is 18.8 Å². The molecule has 0 atom stereocenters. The van der Waals surface area contributed by atoms with Crippen molar-refractivity contribution < 1.29 is 28.2 Å². The first-order valence-electron chi connectivity index (χ1n) is 10.8. The van der Waals surface area contributed by atoms with Gasteiger partial charge < -0.3 is 24.2 Å². The van der Waals surface area contributed by atoms with Crippen LogP contribution in [0.2, 0.25) is 0 Å². The Morgan fingerprint density at radius 1 is 1.03 bits per heavy atom. The molecule has 0 spiro atoms. The molecule has 1 heterocycles. The fourth-order valence-corrected chi connectivity index (χ4v) is 3.12. The Labute approximate surface area is 199 Å². The molecule has 188 valence electrons. The van der Waals surface area contributed by atoms with Gasteiger partial charge in [0.2, 0.25) is 5.96 Å². The molecule has 1 aliphatic rings. The van der Waals surface area contributed by atoms with Crippen LogP contribution in [0.1, 0.15) is 47.1 Å². The summed E-state index contributed by atoms with van der Waals surface area (Å²) in [7, 11) is 3.17. The predicted molar refractivity (Wildman–Crippen MR) is 124 cm³/mol. The Bertz CT molecular complexity index is 940. The molecular weight excluding hydrogens is 445 g/mol. The Morgan fingerprint density at radius 3 is 2.09 bits per heavy atom. The molecule has 0 aromatic heterocycles. The van der Waals surface area contributed by atoms with Crippen molar-refractivity contribution in [2.24, 2.45) is 4.99 Å². The highest BCUT2D eigenvalue weighted by Crippen LogP contribution is 2.19. The van der Waals surface area contributed by atoms with E-state index in [4.69, 9.17) is 9.47 Å². The van der Waals surface area contributed by atoms with Gasteiger partial charge in [-0.3, -0.25) is 0 Å². The third kappa shape index (κ3) is 7.89. The van der Waals surface area contributed by atoms with Crippen LogP contribution in [0.5, 0.6) is 0 Å². The Kier molecular flexibility index (Phi) is 8.12. The van der Waals surface area contributed by atoms with Gasteiger partial charge in [0.15, 0.2) is 0 Å². The minimum atomic E-state index is -0.919. The van der Waals surface area contributed by atoms with E-state index in [1.807, 2.05) is 0 Å². The molecular formula is C23H34FN5O5. The zero-order valence-electron chi connectivity index (χ0n) is 21.1. The van der Waals surface area contributed by atoms with E-state index in [-0.39, 0.29) is 31.9 Å². The molecule has 1 saturated heterocycles. The fourth-order valence-electron chi connectivity index (χ4n) is 3.12. The van der Waals surface area contributed by atoms with E-state index in [1.165, 1.54) is 28.0 Å². The highest BCUT2D eigenvalue weighted by atomic mass is 19.1. The molecule has 0 radical (unpaired) electrons. The van der Waals surface area contributed by atoms with Crippen LogP contribution in [0, 0.1) is 5.82 Å². The number of carbonyl (C=O) groups is 3. The summed E-state index contributed by atoms with van der Waals surface area (Å²) in [5.74, 6) is -0.561. The van der Waals surface area contributed by atoms with Crippen LogP contribution in [0.25, 0.3) is 0 Å². The Balaban J connectivity index is 2.56. The molecule has 2 rings (SSSR count). The van der Waals surface area contributed by atoms with Crippen molar-refractivity contribution >= 4 is 24.2 Å². The third-order valence-corrected chi connectivity index (χ3v) is 4.37. The summed E-state index contributed by atoms with van der Waals surface area (Å²) >= 11 is 0. The average molecular weight is 480 g/mol. The molecule has 0 N–H and O–H groups in total. The van der Waals surface area contributed by atoms with Gasteiger partial charge in [0.05, 0.1) is 19.9 Å². The SMILES string of the molecule is CN1CN(/C(=N/C(=O)OC(C)(C)C)N(Cc2cccc(F)c2)C(=O)OC(C)(C)C)CN(C)C1=O. The van der Waals surface area contributed by atoms with E-state index in [0.717, 1.165) is 4.90 Å². The summed E-state index contributed by atoms with van der Waals surface area (Å²) < 4.78 is 24.8. The molecule has 4 amide bonds. The first kappa shape index (κ1) is 26.9. The highest BCUT2D eigenvalue weighted by Gasteiger charge is 2.35. The molecule has 11 heteroatoms. The van der Waals surface area contributed by atoms with Crippen molar-refractivity contribution in [2.75, 3.05) is 27.4 Å². The van der Waals surface area contributed by atoms with Crippen molar-refractivity contribution in [3.8, 4) is 0 Å². The summed E-state index contributed by atoms with van der Waals surface area (Å²) in [6.07, 6.45) is -1.71. The average Bonchev–Trinajstić information content (AvgIpc) is 2.65. The number of hydrogen-bond acceptors (Lipinski definition) is 5. The summed E-state index contributed by atoms with van der Waals surface area (Å²) in [6, 6.07) is 5.49. The molecule has 34 heavy (non-hydrogen) atoms. The maximum Gasteiger partial charge on any atom is 0.437 e. The van der Waals surface area contributed by atoms with E-state index >= 15 is 0 Å². The van der Waals surface area contributed by atoms with E-state index in [2.05, 4.69) is 4.99 Å². The minimum absolute atomic E-state index is 0.0489.